The van der Waals surface area contributed by atoms with E-state index in [1.54, 1.807) is 0 Å². The lowest BCUT2D eigenvalue weighted by molar-refractivity contribution is -0.141. The average Bonchev–Trinajstić information content (AvgIpc) is 2.84. The molecule has 1 aromatic carbocycles. The maximum atomic E-state index is 13.3. The molecule has 0 atom stereocenters. The van der Waals surface area contributed by atoms with Crippen molar-refractivity contribution in [2.45, 2.75) is 109 Å². The molecule has 2 aliphatic rings. The van der Waals surface area contributed by atoms with Crippen molar-refractivity contribution in [1.29, 1.82) is 0 Å². The second-order valence-electron chi connectivity index (χ2n) is 10.4. The summed E-state index contributed by atoms with van der Waals surface area (Å²) in [5.41, 5.74) is 0. The zero-order valence-corrected chi connectivity index (χ0v) is 20.6. The molecule has 0 amide bonds. The Kier molecular flexibility index (Phi) is 11.2. The lowest BCUT2D eigenvalue weighted by atomic mass is 9.80. The maximum absolute atomic E-state index is 13.3. The summed E-state index contributed by atoms with van der Waals surface area (Å²) < 4.78 is 51.0. The molecule has 0 spiro atoms. The van der Waals surface area contributed by atoms with Crippen LogP contribution in [0.25, 0.3) is 0 Å². The Labute approximate surface area is 202 Å². The molecule has 0 unspecified atom stereocenters. The Balaban J connectivity index is 1.27. The summed E-state index contributed by atoms with van der Waals surface area (Å²) in [6.07, 6.45) is 17.7. The zero-order valence-electron chi connectivity index (χ0n) is 20.6. The van der Waals surface area contributed by atoms with Gasteiger partial charge in [0.25, 0.3) is 0 Å². The predicted molar refractivity (Wildman–Crippen MR) is 127 cm³/mol. The van der Waals surface area contributed by atoms with Gasteiger partial charge in [-0.25, -0.2) is 13.2 Å². The van der Waals surface area contributed by atoms with Crippen LogP contribution in [-0.2, 0) is 9.53 Å². The highest BCUT2D eigenvalue weighted by Crippen LogP contribution is 2.34. The molecule has 2 fully saturated rings. The van der Waals surface area contributed by atoms with E-state index in [4.69, 9.17) is 9.47 Å². The third kappa shape index (κ3) is 8.58. The summed E-state index contributed by atoms with van der Waals surface area (Å²) in [4.78, 5) is 12.4. The first-order valence-electron chi connectivity index (χ1n) is 13.4. The number of rotatable bonds is 12. The summed E-state index contributed by atoms with van der Waals surface area (Å²) >= 11 is 0. The largest absolute Gasteiger partial charge is 0.426 e. The van der Waals surface area contributed by atoms with Crippen LogP contribution in [0.1, 0.15) is 103 Å². The highest BCUT2D eigenvalue weighted by Gasteiger charge is 2.29. The van der Waals surface area contributed by atoms with Crippen LogP contribution in [-0.4, -0.2) is 18.7 Å². The number of carbonyl (C=O) groups is 1. The Hall–Kier alpha value is -1.56. The topological polar surface area (TPSA) is 35.5 Å². The minimum Gasteiger partial charge on any atom is -0.426 e. The molecule has 2 saturated carbocycles. The molecule has 0 N–H and O–H groups in total. The molecule has 6 heteroatoms. The van der Waals surface area contributed by atoms with Crippen LogP contribution in [0.15, 0.2) is 12.1 Å². The van der Waals surface area contributed by atoms with E-state index in [0.717, 1.165) is 25.4 Å². The van der Waals surface area contributed by atoms with E-state index in [1.807, 2.05) is 0 Å². The molecule has 0 bridgehead atoms. The Morgan fingerprint density at radius 2 is 1.41 bits per heavy atom. The lowest BCUT2D eigenvalue weighted by Gasteiger charge is -2.31. The molecular weight excluding hydrogens is 441 g/mol. The number of benzene rings is 1. The minimum atomic E-state index is -1.57. The third-order valence-electron chi connectivity index (χ3n) is 7.68. The number of carbonyl (C=O) groups excluding carboxylic acids is 1. The van der Waals surface area contributed by atoms with Gasteiger partial charge in [-0.1, -0.05) is 64.7 Å². The van der Waals surface area contributed by atoms with E-state index in [0.29, 0.717) is 30.9 Å². The van der Waals surface area contributed by atoms with Gasteiger partial charge in [-0.05, 0) is 50.4 Å². The second kappa shape index (κ2) is 14.1. The predicted octanol–water partition coefficient (Wildman–Crippen LogP) is 8.14. The van der Waals surface area contributed by atoms with E-state index in [2.05, 4.69) is 6.92 Å². The van der Waals surface area contributed by atoms with Gasteiger partial charge in [-0.15, -0.1) is 0 Å². The standard InChI is InChI=1S/C28H41F3O3/c1-2-3-4-5-6-7-8-20-9-11-21(12-10-20)19-33-23-15-13-22(14-16-23)28(32)34-24-17-25(29)27(31)26(30)18-24/h17-18,20-23H,2-16,19H2,1H3. The van der Waals surface area contributed by atoms with Gasteiger partial charge >= 0.3 is 5.97 Å². The van der Waals surface area contributed by atoms with E-state index in [-0.39, 0.29) is 17.8 Å². The zero-order chi connectivity index (χ0) is 24.3. The Morgan fingerprint density at radius 3 is 2.06 bits per heavy atom. The number of hydrogen-bond donors (Lipinski definition) is 0. The first-order chi connectivity index (χ1) is 16.5. The molecule has 34 heavy (non-hydrogen) atoms. The highest BCUT2D eigenvalue weighted by molar-refractivity contribution is 5.75. The molecule has 1 aromatic rings. The van der Waals surface area contributed by atoms with Crippen molar-refractivity contribution >= 4 is 5.97 Å². The van der Waals surface area contributed by atoms with Crippen LogP contribution in [0, 0.1) is 35.2 Å². The third-order valence-corrected chi connectivity index (χ3v) is 7.68. The van der Waals surface area contributed by atoms with Crippen molar-refractivity contribution in [2.75, 3.05) is 6.61 Å². The van der Waals surface area contributed by atoms with Gasteiger partial charge in [0.15, 0.2) is 17.5 Å². The fraction of sp³-hybridized carbons (Fsp3) is 0.750. The number of halogens is 3. The van der Waals surface area contributed by atoms with Crippen LogP contribution in [0.4, 0.5) is 13.2 Å². The molecule has 0 aliphatic heterocycles. The van der Waals surface area contributed by atoms with Crippen molar-refractivity contribution in [1.82, 2.24) is 0 Å². The van der Waals surface area contributed by atoms with Crippen molar-refractivity contribution in [3.63, 3.8) is 0 Å². The van der Waals surface area contributed by atoms with Gasteiger partial charge < -0.3 is 9.47 Å². The maximum Gasteiger partial charge on any atom is 0.314 e. The molecule has 3 rings (SSSR count). The van der Waals surface area contributed by atoms with Gasteiger partial charge in [0.05, 0.1) is 12.0 Å². The van der Waals surface area contributed by atoms with Crippen molar-refractivity contribution < 1.29 is 27.4 Å². The summed E-state index contributed by atoms with van der Waals surface area (Å²) in [7, 11) is 0. The van der Waals surface area contributed by atoms with E-state index in [9.17, 15) is 18.0 Å². The molecule has 0 saturated heterocycles. The van der Waals surface area contributed by atoms with Crippen molar-refractivity contribution in [3.05, 3.63) is 29.6 Å². The summed E-state index contributed by atoms with van der Waals surface area (Å²) in [6.45, 7) is 3.06. The average molecular weight is 483 g/mol. The fourth-order valence-electron chi connectivity index (χ4n) is 5.43. The van der Waals surface area contributed by atoms with Crippen LogP contribution in [0.2, 0.25) is 0 Å². The van der Waals surface area contributed by atoms with Gasteiger partial charge in [0.1, 0.15) is 5.75 Å². The lowest BCUT2D eigenvalue weighted by Crippen LogP contribution is -2.30. The number of esters is 1. The van der Waals surface area contributed by atoms with Gasteiger partial charge in [0, 0.05) is 18.7 Å². The molecule has 2 aliphatic carbocycles. The van der Waals surface area contributed by atoms with Crippen LogP contribution >= 0.6 is 0 Å². The quantitative estimate of drug-likeness (QED) is 0.131. The highest BCUT2D eigenvalue weighted by atomic mass is 19.2. The monoisotopic (exact) mass is 482 g/mol. The van der Waals surface area contributed by atoms with E-state index < -0.39 is 23.4 Å². The summed E-state index contributed by atoms with van der Waals surface area (Å²) in [5, 5.41) is 0. The molecule has 3 nitrogen and oxygen atoms in total. The Morgan fingerprint density at radius 1 is 0.824 bits per heavy atom. The second-order valence-corrected chi connectivity index (χ2v) is 10.4. The smallest absolute Gasteiger partial charge is 0.314 e. The minimum absolute atomic E-state index is 0.158. The molecule has 0 radical (unpaired) electrons. The van der Waals surface area contributed by atoms with Crippen molar-refractivity contribution in [3.8, 4) is 5.75 Å². The number of hydrogen-bond acceptors (Lipinski definition) is 3. The van der Waals surface area contributed by atoms with Gasteiger partial charge in [0.2, 0.25) is 0 Å². The van der Waals surface area contributed by atoms with Gasteiger partial charge in [-0.3, -0.25) is 4.79 Å². The first-order valence-corrected chi connectivity index (χ1v) is 13.4. The van der Waals surface area contributed by atoms with Crippen LogP contribution in [0.5, 0.6) is 5.75 Å². The first kappa shape index (κ1) is 27.0. The summed E-state index contributed by atoms with van der Waals surface area (Å²) in [5.74, 6) is -3.90. The van der Waals surface area contributed by atoms with E-state index in [1.165, 1.54) is 70.6 Å². The normalized spacial score (nSPS) is 25.3. The molecule has 192 valence electrons. The summed E-state index contributed by atoms with van der Waals surface area (Å²) in [6, 6.07) is 1.40. The van der Waals surface area contributed by atoms with Crippen LogP contribution < -0.4 is 4.74 Å². The van der Waals surface area contributed by atoms with E-state index >= 15 is 0 Å². The van der Waals surface area contributed by atoms with Crippen molar-refractivity contribution in [2.24, 2.45) is 17.8 Å². The fourth-order valence-corrected chi connectivity index (χ4v) is 5.43. The van der Waals surface area contributed by atoms with Crippen LogP contribution in [0.3, 0.4) is 0 Å². The number of unbranched alkanes of at least 4 members (excludes halogenated alkanes) is 5. The SMILES string of the molecule is CCCCCCCCC1CCC(COC2CCC(C(=O)Oc3cc(F)c(F)c(F)c3)CC2)CC1. The molecule has 0 aromatic heterocycles. The molecule has 0 heterocycles. The Bertz CT molecular complexity index is 730. The molecular formula is C28H41F3O3. The van der Waals surface area contributed by atoms with Gasteiger partial charge in [-0.2, -0.15) is 0 Å². The number of ether oxygens (including phenoxy) is 2.